The summed E-state index contributed by atoms with van der Waals surface area (Å²) in [6, 6.07) is 2.60. The van der Waals surface area contributed by atoms with Crippen LogP contribution in [0.3, 0.4) is 0 Å². The lowest BCUT2D eigenvalue weighted by atomic mass is 9.71. The zero-order valence-electron chi connectivity index (χ0n) is 12.5. The quantitative estimate of drug-likeness (QED) is 0.600. The van der Waals surface area contributed by atoms with Gasteiger partial charge in [0.2, 0.25) is 0 Å². The summed E-state index contributed by atoms with van der Waals surface area (Å²) in [4.78, 5) is 21.6. The lowest BCUT2D eigenvalue weighted by Crippen LogP contribution is -2.56. The number of hydrogen-bond acceptors (Lipinski definition) is 5. The number of hydrogen-bond donors (Lipinski definition) is 2. The number of carbonyl (C=O) groups excluding carboxylic acids is 1. The average Bonchev–Trinajstić information content (AvgIpc) is 3.05. The Balaban J connectivity index is 1.57. The second kappa shape index (κ2) is 4.28. The highest BCUT2D eigenvalue weighted by Crippen LogP contribution is 2.59. The van der Waals surface area contributed by atoms with Gasteiger partial charge in [-0.1, -0.05) is 0 Å². The first-order valence-corrected chi connectivity index (χ1v) is 8.20. The summed E-state index contributed by atoms with van der Waals surface area (Å²) < 4.78 is 0. The molecule has 3 atom stereocenters. The van der Waals surface area contributed by atoms with E-state index < -0.39 is 5.91 Å². The van der Waals surface area contributed by atoms with Gasteiger partial charge < -0.3 is 0 Å². The summed E-state index contributed by atoms with van der Waals surface area (Å²) in [6.45, 7) is 2.21. The monoisotopic (exact) mass is 300 g/mol. The molecule has 1 aromatic heterocycles. The highest BCUT2D eigenvalue weighted by Gasteiger charge is 2.65. The van der Waals surface area contributed by atoms with Crippen molar-refractivity contribution in [1.82, 2.24) is 20.3 Å². The van der Waals surface area contributed by atoms with Gasteiger partial charge in [-0.05, 0) is 43.7 Å². The van der Waals surface area contributed by atoms with Crippen LogP contribution in [0.5, 0.6) is 0 Å². The van der Waals surface area contributed by atoms with Gasteiger partial charge in [0.1, 0.15) is 6.17 Å². The number of pyridine rings is 1. The molecule has 4 aliphatic rings. The molecule has 6 heteroatoms. The lowest BCUT2D eigenvalue weighted by molar-refractivity contribution is 0.0691. The summed E-state index contributed by atoms with van der Waals surface area (Å²) in [6.07, 6.45) is 8.08. The number of aromatic nitrogens is 1. The predicted octanol–water partition coefficient (Wildman–Crippen LogP) is 1.07. The number of hydroxylamine groups is 1. The van der Waals surface area contributed by atoms with Crippen LogP contribution < -0.4 is 5.48 Å². The van der Waals surface area contributed by atoms with Crippen molar-refractivity contribution >= 4 is 5.91 Å². The first-order valence-electron chi connectivity index (χ1n) is 8.20. The molecule has 22 heavy (non-hydrogen) atoms. The fraction of sp³-hybridized carbons (Fsp3) is 0.625. The molecule has 6 nitrogen and oxygen atoms in total. The molecule has 3 fully saturated rings. The van der Waals surface area contributed by atoms with Crippen LogP contribution in [-0.2, 0) is 6.42 Å². The van der Waals surface area contributed by atoms with Gasteiger partial charge in [-0.3, -0.25) is 24.8 Å². The molecule has 1 amide bonds. The fourth-order valence-corrected chi connectivity index (χ4v) is 5.32. The summed E-state index contributed by atoms with van der Waals surface area (Å²) in [5.74, 6) is -0.484. The van der Waals surface area contributed by atoms with E-state index in [4.69, 9.17) is 5.21 Å². The Hall–Kier alpha value is -1.50. The maximum absolute atomic E-state index is 11.6. The van der Waals surface area contributed by atoms with Gasteiger partial charge in [-0.15, -0.1) is 0 Å². The number of fused-ring (bicyclic) bond motifs is 5. The van der Waals surface area contributed by atoms with Crippen LogP contribution in [0.1, 0.15) is 53.5 Å². The largest absolute Gasteiger partial charge is 0.288 e. The molecular formula is C16H20N4O2. The summed E-state index contributed by atoms with van der Waals surface area (Å²) in [5.41, 5.74) is 4.82. The Morgan fingerprint density at radius 2 is 2.32 bits per heavy atom. The van der Waals surface area contributed by atoms with Crippen molar-refractivity contribution in [3.8, 4) is 0 Å². The zero-order valence-corrected chi connectivity index (χ0v) is 12.5. The summed E-state index contributed by atoms with van der Waals surface area (Å²) in [5, 5.41) is 8.80. The van der Waals surface area contributed by atoms with Crippen molar-refractivity contribution in [1.29, 1.82) is 0 Å². The van der Waals surface area contributed by atoms with E-state index in [-0.39, 0.29) is 0 Å². The number of nitrogens with zero attached hydrogens (tertiary/aromatic N) is 3. The third-order valence-electron chi connectivity index (χ3n) is 6.31. The van der Waals surface area contributed by atoms with Crippen molar-refractivity contribution < 1.29 is 10.0 Å². The molecule has 2 N–H and O–H groups in total. The lowest BCUT2D eigenvalue weighted by Gasteiger charge is -2.47. The molecule has 1 saturated carbocycles. The van der Waals surface area contributed by atoms with E-state index in [0.717, 1.165) is 30.8 Å². The van der Waals surface area contributed by atoms with E-state index >= 15 is 0 Å². The van der Waals surface area contributed by atoms with Crippen molar-refractivity contribution in [2.45, 2.75) is 49.9 Å². The smallest absolute Gasteiger partial charge is 0.276 e. The molecule has 5 rings (SSSR count). The predicted molar refractivity (Wildman–Crippen MR) is 78.3 cm³/mol. The average molecular weight is 300 g/mol. The van der Waals surface area contributed by atoms with Crippen LogP contribution in [0.15, 0.2) is 12.3 Å². The molecule has 3 aliphatic heterocycles. The molecule has 1 aromatic rings. The summed E-state index contributed by atoms with van der Waals surface area (Å²) >= 11 is 0. The third-order valence-corrected chi connectivity index (χ3v) is 6.31. The number of nitrogens with one attached hydrogen (secondary N) is 1. The van der Waals surface area contributed by atoms with E-state index in [9.17, 15) is 4.79 Å². The van der Waals surface area contributed by atoms with Gasteiger partial charge >= 0.3 is 0 Å². The molecule has 0 aromatic carbocycles. The van der Waals surface area contributed by atoms with E-state index in [2.05, 4.69) is 14.8 Å². The van der Waals surface area contributed by atoms with E-state index in [1.165, 1.54) is 25.7 Å². The molecule has 1 unspecified atom stereocenters. The van der Waals surface area contributed by atoms with Gasteiger partial charge in [-0.2, -0.15) is 0 Å². The standard InChI is InChI=1S/C16H20N4O2/c21-14(18-22)11-8-10-3-7-19-12-2-5-16(12)4-1-6-20(16)15(19)13(10)17-9-11/h8-9,12,15,22H,1-7H2,(H,18,21)/t12-,15?,16+/m0/s1. The highest BCUT2D eigenvalue weighted by atomic mass is 16.5. The minimum absolute atomic E-state index is 0.296. The Morgan fingerprint density at radius 1 is 1.41 bits per heavy atom. The second-order valence-corrected chi connectivity index (χ2v) is 7.03. The van der Waals surface area contributed by atoms with Crippen LogP contribution in [0, 0.1) is 0 Å². The molecule has 1 spiro atoms. The molecule has 0 bridgehead atoms. The SMILES string of the molecule is O=C(NO)c1cnc2c(c1)CCN1C2N2CCC[C@]23CC[C@H]13. The Bertz CT molecular complexity index is 664. The fourth-order valence-electron chi connectivity index (χ4n) is 5.32. The molecule has 4 heterocycles. The van der Waals surface area contributed by atoms with Crippen LogP contribution in [-0.4, -0.2) is 50.6 Å². The van der Waals surface area contributed by atoms with Crippen molar-refractivity contribution in [3.63, 3.8) is 0 Å². The third kappa shape index (κ3) is 1.41. The molecule has 0 radical (unpaired) electrons. The maximum atomic E-state index is 11.6. The minimum Gasteiger partial charge on any atom is -0.288 e. The van der Waals surface area contributed by atoms with Crippen molar-refractivity contribution in [3.05, 3.63) is 29.1 Å². The maximum Gasteiger partial charge on any atom is 0.276 e. The van der Waals surface area contributed by atoms with E-state index in [0.29, 0.717) is 23.3 Å². The van der Waals surface area contributed by atoms with Gasteiger partial charge in [0.25, 0.3) is 5.91 Å². The van der Waals surface area contributed by atoms with Crippen LogP contribution in [0.2, 0.25) is 0 Å². The first-order chi connectivity index (χ1) is 10.7. The normalized spacial score (nSPS) is 36.0. The van der Waals surface area contributed by atoms with Gasteiger partial charge in [0, 0.05) is 30.9 Å². The Kier molecular flexibility index (Phi) is 2.52. The zero-order chi connectivity index (χ0) is 14.9. The molecule has 116 valence electrons. The number of rotatable bonds is 1. The minimum atomic E-state index is -0.484. The number of amides is 1. The molecule has 1 aliphatic carbocycles. The van der Waals surface area contributed by atoms with Gasteiger partial charge in [0.15, 0.2) is 0 Å². The van der Waals surface area contributed by atoms with Crippen LogP contribution in [0.25, 0.3) is 0 Å². The number of carbonyl (C=O) groups is 1. The topological polar surface area (TPSA) is 68.7 Å². The van der Waals surface area contributed by atoms with Gasteiger partial charge in [-0.25, -0.2) is 5.48 Å². The Morgan fingerprint density at radius 3 is 3.09 bits per heavy atom. The van der Waals surface area contributed by atoms with Crippen LogP contribution >= 0.6 is 0 Å². The van der Waals surface area contributed by atoms with E-state index in [1.807, 2.05) is 6.07 Å². The second-order valence-electron chi connectivity index (χ2n) is 7.03. The van der Waals surface area contributed by atoms with Crippen molar-refractivity contribution in [2.24, 2.45) is 0 Å². The summed E-state index contributed by atoms with van der Waals surface area (Å²) in [7, 11) is 0. The molecule has 2 saturated heterocycles. The van der Waals surface area contributed by atoms with E-state index in [1.54, 1.807) is 11.7 Å². The Labute approximate surface area is 129 Å². The van der Waals surface area contributed by atoms with Crippen LogP contribution in [0.4, 0.5) is 0 Å². The van der Waals surface area contributed by atoms with Crippen molar-refractivity contribution in [2.75, 3.05) is 13.1 Å². The molecular weight excluding hydrogens is 280 g/mol. The van der Waals surface area contributed by atoms with Gasteiger partial charge in [0.05, 0.1) is 11.3 Å². The first kappa shape index (κ1) is 13.0. The highest BCUT2D eigenvalue weighted by molar-refractivity contribution is 5.93.